The van der Waals surface area contributed by atoms with Gasteiger partial charge in [0.2, 0.25) is 10.0 Å². The minimum atomic E-state index is -4.15. The molecule has 2 heterocycles. The molecule has 0 atom stereocenters. The quantitative estimate of drug-likeness (QED) is 0.299. The molecule has 3 aromatic rings. The van der Waals surface area contributed by atoms with Crippen LogP contribution in [0.3, 0.4) is 0 Å². The molecule has 2 aromatic carbocycles. The van der Waals surface area contributed by atoms with Crippen molar-refractivity contribution in [3.8, 4) is 0 Å². The summed E-state index contributed by atoms with van der Waals surface area (Å²) in [5.74, 6) is -0.708. The maximum absolute atomic E-state index is 13.0. The molecule has 214 valence electrons. The van der Waals surface area contributed by atoms with Crippen LogP contribution in [0.25, 0.3) is 0 Å². The first-order chi connectivity index (χ1) is 19.0. The summed E-state index contributed by atoms with van der Waals surface area (Å²) in [5.41, 5.74) is -0.0607. The number of methoxy groups -OCH3 is 1. The van der Waals surface area contributed by atoms with Gasteiger partial charge in [-0.1, -0.05) is 41.4 Å². The summed E-state index contributed by atoms with van der Waals surface area (Å²) < 4.78 is 60.5. The Labute approximate surface area is 247 Å². The second-order valence-corrected chi connectivity index (χ2v) is 14.2. The van der Waals surface area contributed by atoms with E-state index in [9.17, 15) is 21.6 Å². The van der Waals surface area contributed by atoms with Crippen molar-refractivity contribution in [1.82, 2.24) is 14.6 Å². The first-order valence-electron chi connectivity index (χ1n) is 12.1. The average molecular weight is 646 g/mol. The van der Waals surface area contributed by atoms with E-state index in [4.69, 9.17) is 27.9 Å². The van der Waals surface area contributed by atoms with Gasteiger partial charge in [0.1, 0.15) is 23.1 Å². The Kier molecular flexibility index (Phi) is 9.98. The van der Waals surface area contributed by atoms with Crippen LogP contribution in [0.5, 0.6) is 0 Å². The van der Waals surface area contributed by atoms with Crippen LogP contribution in [-0.2, 0) is 24.8 Å². The number of benzene rings is 2. The molecule has 10 nitrogen and oxygen atoms in total. The predicted octanol–water partition coefficient (Wildman–Crippen LogP) is 4.85. The topological polar surface area (TPSA) is 135 Å². The van der Waals surface area contributed by atoms with E-state index < -0.39 is 26.0 Å². The molecule has 15 heteroatoms. The van der Waals surface area contributed by atoms with Gasteiger partial charge < -0.3 is 10.1 Å². The highest BCUT2D eigenvalue weighted by Crippen LogP contribution is 2.33. The van der Waals surface area contributed by atoms with E-state index in [0.717, 1.165) is 19.3 Å². The van der Waals surface area contributed by atoms with Crippen LogP contribution in [0.15, 0.2) is 74.2 Å². The van der Waals surface area contributed by atoms with Crippen molar-refractivity contribution in [3.05, 3.63) is 70.3 Å². The smallest absolute Gasteiger partial charge is 0.272 e. The number of ether oxygens (including phenoxy) is 1. The Morgan fingerprint density at radius 1 is 1.00 bits per heavy atom. The number of carbonyl (C=O) groups is 1. The van der Waals surface area contributed by atoms with E-state index >= 15 is 0 Å². The van der Waals surface area contributed by atoms with Crippen molar-refractivity contribution >= 4 is 66.7 Å². The van der Waals surface area contributed by atoms with Gasteiger partial charge in [0.25, 0.3) is 15.9 Å². The summed E-state index contributed by atoms with van der Waals surface area (Å²) in [7, 11) is -6.32. The lowest BCUT2D eigenvalue weighted by molar-refractivity contribution is 0.0864. The molecule has 2 N–H and O–H groups in total. The number of nitrogens with zero attached hydrogens (tertiary/aromatic N) is 2. The Bertz CT molecular complexity index is 1600. The van der Waals surface area contributed by atoms with Crippen LogP contribution in [0, 0.1) is 0 Å². The molecule has 0 bridgehead atoms. The number of sulfonamides is 2. The van der Waals surface area contributed by atoms with Crippen LogP contribution in [0.1, 0.15) is 29.8 Å². The fourth-order valence-corrected chi connectivity index (χ4v) is 8.11. The number of amides is 1. The second-order valence-electron chi connectivity index (χ2n) is 8.70. The SMILES string of the molecule is COCNC(=O)c1nc(NS(=O)(=O)c2ccc(Cl)cc2Cl)ccc1Sc1ccc(S(=O)(=O)N2CCCCC2)cc1. The number of halogens is 2. The molecule has 0 spiro atoms. The molecular weight excluding hydrogens is 619 g/mol. The number of hydrogen-bond acceptors (Lipinski definition) is 8. The average Bonchev–Trinajstić information content (AvgIpc) is 2.93. The molecule has 40 heavy (non-hydrogen) atoms. The molecule has 1 amide bonds. The van der Waals surface area contributed by atoms with Gasteiger partial charge in [-0.2, -0.15) is 4.31 Å². The van der Waals surface area contributed by atoms with Crippen molar-refractivity contribution < 1.29 is 26.4 Å². The molecule has 0 aliphatic carbocycles. The Morgan fingerprint density at radius 2 is 1.70 bits per heavy atom. The molecule has 0 radical (unpaired) electrons. The fraction of sp³-hybridized carbons (Fsp3) is 0.280. The lowest BCUT2D eigenvalue weighted by atomic mass is 10.2. The Hall–Kier alpha value is -2.39. The minimum absolute atomic E-state index is 0.0607. The summed E-state index contributed by atoms with van der Waals surface area (Å²) in [6, 6.07) is 13.3. The highest BCUT2D eigenvalue weighted by atomic mass is 35.5. The van der Waals surface area contributed by atoms with E-state index in [2.05, 4.69) is 15.0 Å². The number of hydrogen-bond donors (Lipinski definition) is 2. The van der Waals surface area contributed by atoms with Crippen molar-refractivity contribution in [2.24, 2.45) is 0 Å². The number of piperidine rings is 1. The van der Waals surface area contributed by atoms with E-state index in [1.54, 1.807) is 18.2 Å². The minimum Gasteiger partial charge on any atom is -0.364 e. The van der Waals surface area contributed by atoms with Gasteiger partial charge in [0, 0.05) is 35.0 Å². The van der Waals surface area contributed by atoms with Crippen LogP contribution in [0.4, 0.5) is 5.82 Å². The maximum Gasteiger partial charge on any atom is 0.272 e. The third kappa shape index (κ3) is 7.27. The Morgan fingerprint density at radius 3 is 2.35 bits per heavy atom. The van der Waals surface area contributed by atoms with E-state index in [1.165, 1.54) is 59.6 Å². The van der Waals surface area contributed by atoms with Crippen molar-refractivity contribution in [2.45, 2.75) is 38.8 Å². The van der Waals surface area contributed by atoms with Gasteiger partial charge in [0.15, 0.2) is 0 Å². The van der Waals surface area contributed by atoms with E-state index in [-0.39, 0.29) is 38.1 Å². The monoisotopic (exact) mass is 644 g/mol. The van der Waals surface area contributed by atoms with Gasteiger partial charge in [-0.25, -0.2) is 21.8 Å². The third-order valence-corrected chi connectivity index (χ3v) is 10.9. The second kappa shape index (κ2) is 13.1. The number of pyridine rings is 1. The zero-order valence-electron chi connectivity index (χ0n) is 21.3. The highest BCUT2D eigenvalue weighted by Gasteiger charge is 2.26. The number of aromatic nitrogens is 1. The molecule has 1 saturated heterocycles. The summed E-state index contributed by atoms with van der Waals surface area (Å²) in [5, 5.41) is 2.74. The van der Waals surface area contributed by atoms with Crippen LogP contribution in [0.2, 0.25) is 10.0 Å². The van der Waals surface area contributed by atoms with Crippen molar-refractivity contribution in [1.29, 1.82) is 0 Å². The molecule has 1 aromatic heterocycles. The molecule has 1 aliphatic heterocycles. The molecular formula is C25H26Cl2N4O6S3. The zero-order valence-corrected chi connectivity index (χ0v) is 25.2. The van der Waals surface area contributed by atoms with Gasteiger partial charge in [-0.15, -0.1) is 0 Å². The predicted molar refractivity (Wildman–Crippen MR) is 154 cm³/mol. The summed E-state index contributed by atoms with van der Waals surface area (Å²) in [6.45, 7) is 0.916. The molecule has 0 unspecified atom stereocenters. The van der Waals surface area contributed by atoms with Crippen molar-refractivity contribution in [2.75, 3.05) is 31.7 Å². The lowest BCUT2D eigenvalue weighted by Crippen LogP contribution is -2.35. The fourth-order valence-electron chi connectivity index (χ4n) is 3.92. The Balaban J connectivity index is 1.59. The molecule has 0 saturated carbocycles. The summed E-state index contributed by atoms with van der Waals surface area (Å²) in [4.78, 5) is 18.2. The number of rotatable bonds is 10. The van der Waals surface area contributed by atoms with Gasteiger partial charge in [-0.05, 0) is 67.4 Å². The normalized spacial score (nSPS) is 14.6. The molecule has 1 aliphatic rings. The van der Waals surface area contributed by atoms with Crippen LogP contribution >= 0.6 is 35.0 Å². The van der Waals surface area contributed by atoms with Crippen LogP contribution in [-0.4, -0.2) is 59.0 Å². The van der Waals surface area contributed by atoms with Gasteiger partial charge in [0.05, 0.1) is 9.92 Å². The van der Waals surface area contributed by atoms with Gasteiger partial charge in [-0.3, -0.25) is 9.52 Å². The third-order valence-electron chi connectivity index (χ3n) is 5.88. The van der Waals surface area contributed by atoms with Crippen LogP contribution < -0.4 is 10.0 Å². The standard InChI is InChI=1S/C25H26Cl2N4O6S3/c1-37-16-28-25(32)24-21(10-12-23(29-24)30-39(33,34)22-11-5-17(26)15-20(22)27)38-18-6-8-19(9-7-18)40(35,36)31-13-3-2-4-14-31/h5-12,15H,2-4,13-14,16H2,1H3,(H,28,32)(H,29,30). The molecule has 4 rings (SSSR count). The maximum atomic E-state index is 13.0. The number of anilines is 1. The summed E-state index contributed by atoms with van der Waals surface area (Å²) in [6.07, 6.45) is 2.70. The van der Waals surface area contributed by atoms with E-state index in [1.807, 2.05) is 0 Å². The van der Waals surface area contributed by atoms with E-state index in [0.29, 0.717) is 22.9 Å². The number of nitrogens with one attached hydrogen (secondary N) is 2. The summed E-state index contributed by atoms with van der Waals surface area (Å²) >= 11 is 13.1. The first-order valence-corrected chi connectivity index (χ1v) is 16.5. The van der Waals surface area contributed by atoms with Crippen molar-refractivity contribution in [3.63, 3.8) is 0 Å². The molecule has 1 fully saturated rings. The van der Waals surface area contributed by atoms with Gasteiger partial charge >= 0.3 is 0 Å². The highest BCUT2D eigenvalue weighted by molar-refractivity contribution is 7.99. The first kappa shape index (κ1) is 30.6. The zero-order chi connectivity index (χ0) is 28.9. The number of carbonyl (C=O) groups excluding carboxylic acids is 1. The largest absolute Gasteiger partial charge is 0.364 e. The lowest BCUT2D eigenvalue weighted by Gasteiger charge is -2.25.